The van der Waals surface area contributed by atoms with Crippen molar-refractivity contribution >= 4 is 11.9 Å². The van der Waals surface area contributed by atoms with Crippen molar-refractivity contribution in [2.45, 2.75) is 45.7 Å². The standard InChI is InChI=1S/C17H24N2O3/c1-4-19(10-16(20)21)15-8-14(9-15)18-17(22)13-6-11(2)5-12(3)7-13/h5-7,14-15H,4,8-10H2,1-3H3,(H,18,22)(H,20,21). The topological polar surface area (TPSA) is 69.6 Å². The van der Waals surface area contributed by atoms with E-state index in [9.17, 15) is 9.59 Å². The van der Waals surface area contributed by atoms with Crippen molar-refractivity contribution in [1.82, 2.24) is 10.2 Å². The Morgan fingerprint density at radius 3 is 2.32 bits per heavy atom. The third-order valence-electron chi connectivity index (χ3n) is 4.19. The first kappa shape index (κ1) is 16.5. The van der Waals surface area contributed by atoms with E-state index in [0.29, 0.717) is 12.1 Å². The predicted molar refractivity (Wildman–Crippen MR) is 85.1 cm³/mol. The Morgan fingerprint density at radius 1 is 1.23 bits per heavy atom. The average Bonchev–Trinajstić information content (AvgIpc) is 2.38. The highest BCUT2D eigenvalue weighted by molar-refractivity contribution is 5.94. The van der Waals surface area contributed by atoms with Gasteiger partial charge in [0.2, 0.25) is 0 Å². The summed E-state index contributed by atoms with van der Waals surface area (Å²) in [6.07, 6.45) is 1.63. The smallest absolute Gasteiger partial charge is 0.317 e. The fourth-order valence-corrected chi connectivity index (χ4v) is 3.05. The Labute approximate surface area is 131 Å². The highest BCUT2D eigenvalue weighted by Gasteiger charge is 2.34. The second kappa shape index (κ2) is 6.92. The number of rotatable bonds is 6. The minimum Gasteiger partial charge on any atom is -0.480 e. The first-order valence-electron chi connectivity index (χ1n) is 7.74. The van der Waals surface area contributed by atoms with Crippen molar-refractivity contribution in [3.8, 4) is 0 Å². The fourth-order valence-electron chi connectivity index (χ4n) is 3.05. The van der Waals surface area contributed by atoms with Gasteiger partial charge < -0.3 is 10.4 Å². The molecule has 120 valence electrons. The fraction of sp³-hybridized carbons (Fsp3) is 0.529. The van der Waals surface area contributed by atoms with Crippen LogP contribution >= 0.6 is 0 Å². The van der Waals surface area contributed by atoms with E-state index in [0.717, 1.165) is 24.0 Å². The zero-order chi connectivity index (χ0) is 16.3. The summed E-state index contributed by atoms with van der Waals surface area (Å²) in [6.45, 7) is 6.71. The molecule has 0 unspecified atom stereocenters. The van der Waals surface area contributed by atoms with Crippen molar-refractivity contribution in [3.05, 3.63) is 34.9 Å². The van der Waals surface area contributed by atoms with Crippen molar-refractivity contribution in [1.29, 1.82) is 0 Å². The Balaban J connectivity index is 1.86. The molecule has 1 aromatic carbocycles. The van der Waals surface area contributed by atoms with Crippen molar-refractivity contribution in [2.75, 3.05) is 13.1 Å². The largest absolute Gasteiger partial charge is 0.480 e. The lowest BCUT2D eigenvalue weighted by Crippen LogP contribution is -2.54. The summed E-state index contributed by atoms with van der Waals surface area (Å²) in [5.41, 5.74) is 2.85. The molecule has 1 aromatic rings. The van der Waals surface area contributed by atoms with Gasteiger partial charge in [0.15, 0.2) is 0 Å². The third-order valence-corrected chi connectivity index (χ3v) is 4.19. The summed E-state index contributed by atoms with van der Waals surface area (Å²) >= 11 is 0. The molecule has 0 radical (unpaired) electrons. The van der Waals surface area contributed by atoms with Gasteiger partial charge in [-0.2, -0.15) is 0 Å². The van der Waals surface area contributed by atoms with Gasteiger partial charge in [-0.15, -0.1) is 0 Å². The molecule has 0 aliphatic heterocycles. The maximum Gasteiger partial charge on any atom is 0.317 e. The summed E-state index contributed by atoms with van der Waals surface area (Å²) in [5, 5.41) is 11.9. The van der Waals surface area contributed by atoms with Gasteiger partial charge >= 0.3 is 5.97 Å². The van der Waals surface area contributed by atoms with Crippen LogP contribution in [0, 0.1) is 13.8 Å². The molecule has 0 saturated heterocycles. The van der Waals surface area contributed by atoms with Gasteiger partial charge in [-0.3, -0.25) is 14.5 Å². The third kappa shape index (κ3) is 4.07. The molecular formula is C17H24N2O3. The lowest BCUT2D eigenvalue weighted by molar-refractivity contribution is -0.139. The molecule has 0 aromatic heterocycles. The van der Waals surface area contributed by atoms with Crippen molar-refractivity contribution < 1.29 is 14.7 Å². The summed E-state index contributed by atoms with van der Waals surface area (Å²) in [6, 6.07) is 6.22. The molecule has 0 bridgehead atoms. The van der Waals surface area contributed by atoms with Crippen molar-refractivity contribution in [2.24, 2.45) is 0 Å². The molecule has 1 fully saturated rings. The van der Waals surface area contributed by atoms with Gasteiger partial charge in [-0.05, 0) is 45.4 Å². The van der Waals surface area contributed by atoms with E-state index in [1.165, 1.54) is 0 Å². The number of amides is 1. The second-order valence-electron chi connectivity index (χ2n) is 6.13. The van der Waals surface area contributed by atoms with Crippen LogP contribution in [0.1, 0.15) is 41.3 Å². The first-order valence-corrected chi connectivity index (χ1v) is 7.74. The summed E-state index contributed by atoms with van der Waals surface area (Å²) in [4.78, 5) is 25.0. The second-order valence-corrected chi connectivity index (χ2v) is 6.13. The van der Waals surface area contributed by atoms with Gasteiger partial charge in [0, 0.05) is 17.6 Å². The molecule has 1 aliphatic carbocycles. The number of nitrogens with zero attached hydrogens (tertiary/aromatic N) is 1. The zero-order valence-corrected chi connectivity index (χ0v) is 13.4. The summed E-state index contributed by atoms with van der Waals surface area (Å²) in [5.74, 6) is -0.846. The van der Waals surface area contributed by atoms with E-state index in [1.807, 2.05) is 43.9 Å². The van der Waals surface area contributed by atoms with Crippen LogP contribution in [0.15, 0.2) is 18.2 Å². The average molecular weight is 304 g/mol. The Kier molecular flexibility index (Phi) is 5.19. The summed E-state index contributed by atoms with van der Waals surface area (Å²) in [7, 11) is 0. The van der Waals surface area contributed by atoms with Crippen LogP contribution in [-0.4, -0.2) is 47.1 Å². The number of carboxylic acids is 1. The number of carbonyl (C=O) groups is 2. The van der Waals surface area contributed by atoms with Gasteiger partial charge in [0.25, 0.3) is 5.91 Å². The maximum absolute atomic E-state index is 12.3. The molecule has 0 atom stereocenters. The minimum atomic E-state index is -0.801. The Bertz CT molecular complexity index is 545. The number of benzene rings is 1. The SMILES string of the molecule is CCN(CC(=O)O)C1CC(NC(=O)c2cc(C)cc(C)c2)C1. The number of likely N-dealkylation sites (N-methyl/N-ethyl adjacent to an activating group) is 1. The quantitative estimate of drug-likeness (QED) is 0.843. The lowest BCUT2D eigenvalue weighted by Gasteiger charge is -2.42. The number of nitrogens with one attached hydrogen (secondary N) is 1. The van der Waals surface area contributed by atoms with Gasteiger partial charge in [-0.25, -0.2) is 0 Å². The van der Waals surface area contributed by atoms with Crippen LogP contribution in [0.2, 0.25) is 0 Å². The lowest BCUT2D eigenvalue weighted by atomic mass is 9.85. The Hall–Kier alpha value is -1.88. The minimum absolute atomic E-state index is 0.0449. The van der Waals surface area contributed by atoms with E-state index in [2.05, 4.69) is 5.32 Å². The molecule has 1 amide bonds. The predicted octanol–water partition coefficient (Wildman–Crippen LogP) is 1.97. The zero-order valence-electron chi connectivity index (χ0n) is 13.4. The number of aryl methyl sites for hydroxylation is 2. The highest BCUT2D eigenvalue weighted by Crippen LogP contribution is 2.26. The van der Waals surface area contributed by atoms with Gasteiger partial charge in [0.1, 0.15) is 0 Å². The van der Waals surface area contributed by atoms with E-state index in [4.69, 9.17) is 5.11 Å². The van der Waals surface area contributed by atoms with Gasteiger partial charge in [-0.1, -0.05) is 24.1 Å². The number of hydrogen-bond donors (Lipinski definition) is 2. The van der Waals surface area contributed by atoms with Crippen LogP contribution in [-0.2, 0) is 4.79 Å². The number of aliphatic carboxylic acids is 1. The molecule has 2 N–H and O–H groups in total. The van der Waals surface area contributed by atoms with Crippen LogP contribution in [0.25, 0.3) is 0 Å². The molecule has 1 saturated carbocycles. The monoisotopic (exact) mass is 304 g/mol. The maximum atomic E-state index is 12.3. The molecule has 0 spiro atoms. The molecule has 5 heteroatoms. The number of hydrogen-bond acceptors (Lipinski definition) is 3. The molecule has 5 nitrogen and oxygen atoms in total. The molecule has 1 aliphatic rings. The van der Waals surface area contributed by atoms with E-state index in [1.54, 1.807) is 0 Å². The number of carbonyl (C=O) groups excluding carboxylic acids is 1. The highest BCUT2D eigenvalue weighted by atomic mass is 16.4. The van der Waals surface area contributed by atoms with Crippen molar-refractivity contribution in [3.63, 3.8) is 0 Å². The van der Waals surface area contributed by atoms with E-state index in [-0.39, 0.29) is 24.5 Å². The molecule has 2 rings (SSSR count). The molecule has 0 heterocycles. The summed E-state index contributed by atoms with van der Waals surface area (Å²) < 4.78 is 0. The Morgan fingerprint density at radius 2 is 1.82 bits per heavy atom. The normalized spacial score (nSPS) is 20.5. The number of carboxylic acid groups (broad SMARTS) is 1. The van der Waals surface area contributed by atoms with Crippen LogP contribution in [0.4, 0.5) is 0 Å². The first-order chi connectivity index (χ1) is 10.4. The molecule has 22 heavy (non-hydrogen) atoms. The van der Waals surface area contributed by atoms with Gasteiger partial charge in [0.05, 0.1) is 6.54 Å². The molecular weight excluding hydrogens is 280 g/mol. The van der Waals surface area contributed by atoms with Crippen LogP contribution in [0.5, 0.6) is 0 Å². The van der Waals surface area contributed by atoms with E-state index >= 15 is 0 Å². The van der Waals surface area contributed by atoms with E-state index < -0.39 is 5.97 Å². The van der Waals surface area contributed by atoms with Crippen LogP contribution in [0.3, 0.4) is 0 Å². The van der Waals surface area contributed by atoms with Crippen LogP contribution < -0.4 is 5.32 Å².